The molecule has 3 fully saturated rings. The second-order valence-corrected chi connectivity index (χ2v) is 10.0. The first-order valence-electron chi connectivity index (χ1n) is 12.4. The van der Waals surface area contributed by atoms with Crippen LogP contribution < -0.4 is 10.6 Å². The summed E-state index contributed by atoms with van der Waals surface area (Å²) in [6.07, 6.45) is 6.01. The van der Waals surface area contributed by atoms with Gasteiger partial charge in [-0.15, -0.1) is 24.0 Å². The molecule has 186 valence electrons. The van der Waals surface area contributed by atoms with Gasteiger partial charge in [0, 0.05) is 58.9 Å². The minimum Gasteiger partial charge on any atom is -0.357 e. The van der Waals surface area contributed by atoms with Crippen LogP contribution in [-0.2, 0) is 9.59 Å². The number of rotatable bonds is 9. The molecule has 2 heterocycles. The third-order valence-corrected chi connectivity index (χ3v) is 7.48. The van der Waals surface area contributed by atoms with Crippen molar-refractivity contribution in [3.63, 3.8) is 0 Å². The first-order chi connectivity index (χ1) is 15.5. The quantitative estimate of drug-likeness (QED) is 0.108. The van der Waals surface area contributed by atoms with Gasteiger partial charge in [0.05, 0.1) is 11.8 Å². The van der Waals surface area contributed by atoms with Crippen molar-refractivity contribution in [3.8, 4) is 0 Å². The van der Waals surface area contributed by atoms with Crippen molar-refractivity contribution in [3.05, 3.63) is 12.2 Å². The SMILES string of the molecule is CCNC(=NCC(C)CN1CCN(C)CC1)NCCCN1C(=O)C2C3C=CC(C3)C2C1=O.I. The normalized spacial score (nSPS) is 30.5. The number of likely N-dealkylation sites (N-methyl/N-ethyl adjacent to an activating group) is 1. The van der Waals surface area contributed by atoms with Crippen molar-refractivity contribution >= 4 is 41.8 Å². The fraction of sp³-hybridized carbons (Fsp3) is 0.792. The number of hydrogen-bond acceptors (Lipinski definition) is 5. The number of carbonyl (C=O) groups excluding carboxylic acids is 2. The molecule has 5 unspecified atom stereocenters. The monoisotopic (exact) mass is 572 g/mol. The minimum absolute atomic E-state index is 0. The van der Waals surface area contributed by atoms with Gasteiger partial charge in [0.25, 0.3) is 0 Å². The number of imide groups is 1. The lowest BCUT2D eigenvalue weighted by Crippen LogP contribution is -2.46. The van der Waals surface area contributed by atoms with Crippen LogP contribution in [0.2, 0.25) is 0 Å². The number of halogens is 1. The van der Waals surface area contributed by atoms with Gasteiger partial charge in [0.1, 0.15) is 0 Å². The fourth-order valence-electron chi connectivity index (χ4n) is 5.75. The zero-order chi connectivity index (χ0) is 22.7. The van der Waals surface area contributed by atoms with Gasteiger partial charge in [0.2, 0.25) is 11.8 Å². The van der Waals surface area contributed by atoms with Crippen molar-refractivity contribution in [1.29, 1.82) is 0 Å². The van der Waals surface area contributed by atoms with E-state index in [1.165, 1.54) is 4.90 Å². The first kappa shape index (κ1) is 26.4. The number of aliphatic imine (C=N–C) groups is 1. The molecule has 1 saturated carbocycles. The molecule has 8 nitrogen and oxygen atoms in total. The van der Waals surface area contributed by atoms with Gasteiger partial charge in [-0.05, 0) is 44.6 Å². The summed E-state index contributed by atoms with van der Waals surface area (Å²) in [4.78, 5) is 36.8. The molecular formula is C24H41IN6O2. The lowest BCUT2D eigenvalue weighted by Gasteiger charge is -2.33. The number of allylic oxidation sites excluding steroid dienone is 2. The number of piperazine rings is 1. The Kier molecular flexibility index (Phi) is 9.58. The second kappa shape index (κ2) is 12.0. The standard InChI is InChI=1S/C24H40N6O2.HI/c1-4-25-24(27-15-17(2)16-29-12-10-28(3)11-13-29)26-8-5-9-30-22(31)20-18-6-7-19(14-18)21(20)23(30)32;/h6-7,17-21H,4-5,8-16H2,1-3H3,(H2,25,26,27);1H. The molecule has 0 spiro atoms. The van der Waals surface area contributed by atoms with Crippen LogP contribution in [0.5, 0.6) is 0 Å². The van der Waals surface area contributed by atoms with Crippen LogP contribution in [0.3, 0.4) is 0 Å². The second-order valence-electron chi connectivity index (χ2n) is 10.0. The Hall–Kier alpha value is -1.20. The summed E-state index contributed by atoms with van der Waals surface area (Å²) in [6.45, 7) is 12.7. The van der Waals surface area contributed by atoms with E-state index in [4.69, 9.17) is 4.99 Å². The summed E-state index contributed by atoms with van der Waals surface area (Å²) < 4.78 is 0. The molecule has 0 radical (unpaired) electrons. The van der Waals surface area contributed by atoms with Gasteiger partial charge >= 0.3 is 0 Å². The lowest BCUT2D eigenvalue weighted by molar-refractivity contribution is -0.140. The van der Waals surface area contributed by atoms with Crippen LogP contribution in [0.25, 0.3) is 0 Å². The summed E-state index contributed by atoms with van der Waals surface area (Å²) in [5.74, 6) is 1.80. The molecule has 0 aromatic heterocycles. The van der Waals surface area contributed by atoms with E-state index < -0.39 is 0 Å². The molecule has 0 aromatic carbocycles. The lowest BCUT2D eigenvalue weighted by atomic mass is 9.85. The Morgan fingerprint density at radius 2 is 1.73 bits per heavy atom. The van der Waals surface area contributed by atoms with Crippen LogP contribution in [0.1, 0.15) is 26.7 Å². The number of carbonyl (C=O) groups is 2. The van der Waals surface area contributed by atoms with E-state index in [0.29, 0.717) is 19.0 Å². The van der Waals surface area contributed by atoms with E-state index in [1.807, 2.05) is 0 Å². The molecule has 2 saturated heterocycles. The molecule has 33 heavy (non-hydrogen) atoms. The third-order valence-electron chi connectivity index (χ3n) is 7.48. The largest absolute Gasteiger partial charge is 0.357 e. The number of nitrogens with one attached hydrogen (secondary N) is 2. The minimum atomic E-state index is -0.0915. The van der Waals surface area contributed by atoms with E-state index in [0.717, 1.165) is 64.6 Å². The number of fused-ring (bicyclic) bond motifs is 5. The highest BCUT2D eigenvalue weighted by molar-refractivity contribution is 14.0. The maximum atomic E-state index is 12.8. The summed E-state index contributed by atoms with van der Waals surface area (Å²) in [5, 5.41) is 6.68. The van der Waals surface area contributed by atoms with Gasteiger partial charge in [-0.1, -0.05) is 19.1 Å². The molecule has 2 aliphatic heterocycles. The third kappa shape index (κ3) is 6.08. The average Bonchev–Trinajstić information content (AvgIpc) is 3.46. The molecule has 9 heteroatoms. The first-order valence-corrected chi connectivity index (χ1v) is 12.4. The van der Waals surface area contributed by atoms with Crippen LogP contribution in [-0.4, -0.2) is 98.4 Å². The Morgan fingerprint density at radius 1 is 1.09 bits per heavy atom. The Labute approximate surface area is 215 Å². The smallest absolute Gasteiger partial charge is 0.233 e. The van der Waals surface area contributed by atoms with Crippen LogP contribution in [0, 0.1) is 29.6 Å². The van der Waals surface area contributed by atoms with Crippen LogP contribution in [0.15, 0.2) is 17.1 Å². The highest BCUT2D eigenvalue weighted by atomic mass is 127. The van der Waals surface area contributed by atoms with Gasteiger partial charge in [-0.25, -0.2) is 0 Å². The summed E-state index contributed by atoms with van der Waals surface area (Å²) >= 11 is 0. The van der Waals surface area contributed by atoms with Gasteiger partial charge in [-0.3, -0.25) is 19.5 Å². The van der Waals surface area contributed by atoms with Gasteiger partial charge < -0.3 is 20.4 Å². The Balaban J connectivity index is 0.00000306. The zero-order valence-electron chi connectivity index (χ0n) is 20.3. The van der Waals surface area contributed by atoms with Gasteiger partial charge in [0.15, 0.2) is 5.96 Å². The number of likely N-dealkylation sites (tertiary alicyclic amines) is 1. The molecule has 2 amide bonds. The number of amides is 2. The van der Waals surface area contributed by atoms with Crippen molar-refractivity contribution in [1.82, 2.24) is 25.3 Å². The van der Waals surface area contributed by atoms with E-state index in [2.05, 4.69) is 53.5 Å². The molecule has 2 aliphatic carbocycles. The van der Waals surface area contributed by atoms with Crippen LogP contribution in [0.4, 0.5) is 0 Å². The Morgan fingerprint density at radius 3 is 2.33 bits per heavy atom. The van der Waals surface area contributed by atoms with Gasteiger partial charge in [-0.2, -0.15) is 0 Å². The zero-order valence-corrected chi connectivity index (χ0v) is 22.7. The average molecular weight is 573 g/mol. The maximum Gasteiger partial charge on any atom is 0.233 e. The van der Waals surface area contributed by atoms with E-state index in [1.54, 1.807) is 0 Å². The molecule has 5 atom stereocenters. The number of guanidine groups is 1. The predicted molar refractivity (Wildman–Crippen MR) is 142 cm³/mol. The topological polar surface area (TPSA) is 80.3 Å². The van der Waals surface area contributed by atoms with E-state index in [9.17, 15) is 9.59 Å². The number of hydrogen-bond donors (Lipinski definition) is 2. The predicted octanol–water partition coefficient (Wildman–Crippen LogP) is 1.24. The fourth-order valence-corrected chi connectivity index (χ4v) is 5.75. The Bertz CT molecular complexity index is 721. The maximum absolute atomic E-state index is 12.8. The molecule has 4 aliphatic rings. The highest BCUT2D eigenvalue weighted by Crippen LogP contribution is 2.52. The molecular weight excluding hydrogens is 531 g/mol. The van der Waals surface area contributed by atoms with Crippen molar-refractivity contribution in [2.75, 3.05) is 66.0 Å². The summed E-state index contributed by atoms with van der Waals surface area (Å²) in [7, 11) is 2.18. The van der Waals surface area contributed by atoms with Crippen LogP contribution >= 0.6 is 24.0 Å². The number of nitrogens with zero attached hydrogens (tertiary/aromatic N) is 4. The molecule has 2 bridgehead atoms. The van der Waals surface area contributed by atoms with E-state index >= 15 is 0 Å². The molecule has 0 aromatic rings. The summed E-state index contributed by atoms with van der Waals surface area (Å²) in [5.41, 5.74) is 0. The van der Waals surface area contributed by atoms with E-state index in [-0.39, 0.29) is 59.5 Å². The summed E-state index contributed by atoms with van der Waals surface area (Å²) in [6, 6.07) is 0. The molecule has 2 N–H and O–H groups in total. The molecule has 4 rings (SSSR count). The highest BCUT2D eigenvalue weighted by Gasteiger charge is 2.58. The van der Waals surface area contributed by atoms with Crippen molar-refractivity contribution < 1.29 is 9.59 Å². The van der Waals surface area contributed by atoms with Crippen molar-refractivity contribution in [2.45, 2.75) is 26.7 Å². The van der Waals surface area contributed by atoms with Crippen molar-refractivity contribution in [2.24, 2.45) is 34.6 Å².